The van der Waals surface area contributed by atoms with Crippen molar-refractivity contribution in [3.63, 3.8) is 0 Å². The van der Waals surface area contributed by atoms with Crippen molar-refractivity contribution in [2.24, 2.45) is 11.8 Å². The van der Waals surface area contributed by atoms with E-state index in [1.807, 2.05) is 12.1 Å². The Labute approximate surface area is 180 Å². The van der Waals surface area contributed by atoms with E-state index in [0.717, 1.165) is 31.2 Å². The number of piperidine rings is 3. The van der Waals surface area contributed by atoms with Gasteiger partial charge in [-0.1, -0.05) is 30.2 Å². The molecule has 3 heterocycles. The molecule has 4 atom stereocenters. The first kappa shape index (κ1) is 19.9. The molecule has 0 radical (unpaired) electrons. The van der Waals surface area contributed by atoms with Crippen LogP contribution >= 0.6 is 0 Å². The number of carbonyl (C=O) groups excluding carboxylic acids is 1. The van der Waals surface area contributed by atoms with E-state index in [1.165, 1.54) is 50.8 Å². The Kier molecular flexibility index (Phi) is 5.72. The molecule has 1 N–H and O–H groups in total. The minimum absolute atomic E-state index is 0.123. The van der Waals surface area contributed by atoms with Gasteiger partial charge in [0.1, 0.15) is 5.75 Å². The number of fused-ring (bicyclic) bond motifs is 6. The van der Waals surface area contributed by atoms with Crippen LogP contribution in [0.4, 0.5) is 4.79 Å². The first-order chi connectivity index (χ1) is 14.7. The summed E-state index contributed by atoms with van der Waals surface area (Å²) in [5.41, 5.74) is 2.78. The third kappa shape index (κ3) is 3.84. The van der Waals surface area contributed by atoms with Crippen LogP contribution in [0.3, 0.4) is 0 Å². The van der Waals surface area contributed by atoms with Crippen LogP contribution < -0.4 is 10.1 Å². The SMILES string of the molecule is COc1ccc(CCNC(=O)N2CCCC3=C[C@@H]4C[C@H](CN5CCCC[C@@H]45)[C@H]32)cc1. The van der Waals surface area contributed by atoms with Gasteiger partial charge in [0, 0.05) is 25.7 Å². The lowest BCUT2D eigenvalue weighted by Crippen LogP contribution is -2.61. The summed E-state index contributed by atoms with van der Waals surface area (Å²) in [6.07, 6.45) is 11.1. The molecule has 1 aliphatic carbocycles. The number of likely N-dealkylation sites (tertiary alicyclic amines) is 1. The predicted octanol–water partition coefficient (Wildman–Crippen LogP) is 3.84. The van der Waals surface area contributed by atoms with Crippen molar-refractivity contribution in [3.8, 4) is 5.75 Å². The van der Waals surface area contributed by atoms with Crippen molar-refractivity contribution in [2.75, 3.05) is 33.3 Å². The van der Waals surface area contributed by atoms with Gasteiger partial charge in [-0.05, 0) is 74.6 Å². The van der Waals surface area contributed by atoms with Crippen LogP contribution in [0.5, 0.6) is 5.75 Å². The number of ether oxygens (including phenoxy) is 1. The highest BCUT2D eigenvalue weighted by Crippen LogP contribution is 2.44. The van der Waals surface area contributed by atoms with Gasteiger partial charge in [0.15, 0.2) is 0 Å². The molecule has 0 unspecified atom stereocenters. The van der Waals surface area contributed by atoms with Crippen molar-refractivity contribution >= 4 is 6.03 Å². The average Bonchev–Trinajstić information content (AvgIpc) is 2.79. The van der Waals surface area contributed by atoms with Gasteiger partial charge < -0.3 is 15.0 Å². The van der Waals surface area contributed by atoms with Gasteiger partial charge in [-0.3, -0.25) is 4.90 Å². The predicted molar refractivity (Wildman–Crippen MR) is 119 cm³/mol. The summed E-state index contributed by atoms with van der Waals surface area (Å²) in [6.45, 7) is 4.00. The molecule has 1 aromatic rings. The second-order valence-electron chi connectivity index (χ2n) is 9.53. The monoisotopic (exact) mass is 409 g/mol. The number of urea groups is 1. The van der Waals surface area contributed by atoms with Crippen LogP contribution in [0.2, 0.25) is 0 Å². The normalized spacial score (nSPS) is 30.7. The zero-order valence-corrected chi connectivity index (χ0v) is 18.2. The van der Waals surface area contributed by atoms with E-state index in [0.29, 0.717) is 24.4 Å². The number of hydrogen-bond acceptors (Lipinski definition) is 3. The third-order valence-corrected chi connectivity index (χ3v) is 7.77. The smallest absolute Gasteiger partial charge is 0.317 e. The molecule has 2 bridgehead atoms. The lowest BCUT2D eigenvalue weighted by Gasteiger charge is -2.54. The fourth-order valence-electron chi connectivity index (χ4n) is 6.41. The molecule has 30 heavy (non-hydrogen) atoms. The quantitative estimate of drug-likeness (QED) is 0.769. The average molecular weight is 410 g/mol. The van der Waals surface area contributed by atoms with Crippen LogP contribution in [-0.2, 0) is 6.42 Å². The highest BCUT2D eigenvalue weighted by molar-refractivity contribution is 5.75. The van der Waals surface area contributed by atoms with E-state index in [1.54, 1.807) is 12.7 Å². The zero-order valence-electron chi connectivity index (χ0n) is 18.2. The van der Waals surface area contributed by atoms with E-state index in [4.69, 9.17) is 4.74 Å². The summed E-state index contributed by atoms with van der Waals surface area (Å²) in [7, 11) is 1.68. The van der Waals surface area contributed by atoms with Gasteiger partial charge in [-0.2, -0.15) is 0 Å². The highest BCUT2D eigenvalue weighted by Gasteiger charge is 2.46. The van der Waals surface area contributed by atoms with Gasteiger partial charge in [-0.15, -0.1) is 0 Å². The van der Waals surface area contributed by atoms with Gasteiger partial charge in [0.05, 0.1) is 13.2 Å². The van der Waals surface area contributed by atoms with E-state index >= 15 is 0 Å². The number of amides is 2. The first-order valence-electron chi connectivity index (χ1n) is 11.8. The summed E-state index contributed by atoms with van der Waals surface area (Å²) in [5.74, 6) is 2.19. The van der Waals surface area contributed by atoms with Crippen LogP contribution in [0.1, 0.15) is 44.1 Å². The van der Waals surface area contributed by atoms with E-state index in [-0.39, 0.29) is 6.03 Å². The molecular weight excluding hydrogens is 374 g/mol. The molecule has 4 aliphatic rings. The summed E-state index contributed by atoms with van der Waals surface area (Å²) in [5, 5.41) is 3.21. The van der Waals surface area contributed by atoms with Crippen molar-refractivity contribution in [1.29, 1.82) is 0 Å². The molecule has 3 fully saturated rings. The first-order valence-corrected chi connectivity index (χ1v) is 11.8. The number of benzene rings is 1. The molecule has 1 aromatic carbocycles. The molecule has 0 saturated carbocycles. The minimum atomic E-state index is 0.123. The minimum Gasteiger partial charge on any atom is -0.497 e. The fourth-order valence-corrected chi connectivity index (χ4v) is 6.41. The zero-order chi connectivity index (χ0) is 20.5. The van der Waals surface area contributed by atoms with Gasteiger partial charge in [0.2, 0.25) is 0 Å². The van der Waals surface area contributed by atoms with E-state index in [2.05, 4.69) is 33.3 Å². The Balaban J connectivity index is 1.23. The summed E-state index contributed by atoms with van der Waals surface area (Å²) in [6, 6.07) is 9.31. The molecule has 2 amide bonds. The Bertz CT molecular complexity index is 790. The number of nitrogens with one attached hydrogen (secondary N) is 1. The summed E-state index contributed by atoms with van der Waals surface area (Å²) < 4.78 is 5.22. The second-order valence-corrected chi connectivity index (χ2v) is 9.53. The molecule has 0 spiro atoms. The number of methoxy groups -OCH3 is 1. The van der Waals surface area contributed by atoms with E-state index < -0.39 is 0 Å². The maximum Gasteiger partial charge on any atom is 0.317 e. The number of hydrogen-bond donors (Lipinski definition) is 1. The van der Waals surface area contributed by atoms with Crippen LogP contribution in [0.15, 0.2) is 35.9 Å². The van der Waals surface area contributed by atoms with Gasteiger partial charge >= 0.3 is 6.03 Å². The molecule has 5 rings (SSSR count). The van der Waals surface area contributed by atoms with Crippen LogP contribution in [0, 0.1) is 11.8 Å². The Morgan fingerprint density at radius 3 is 2.87 bits per heavy atom. The van der Waals surface area contributed by atoms with Gasteiger partial charge in [-0.25, -0.2) is 4.79 Å². The molecule has 5 heteroatoms. The Morgan fingerprint density at radius 1 is 1.17 bits per heavy atom. The molecule has 5 nitrogen and oxygen atoms in total. The topological polar surface area (TPSA) is 44.8 Å². The third-order valence-electron chi connectivity index (χ3n) is 7.77. The maximum atomic E-state index is 13.1. The summed E-state index contributed by atoms with van der Waals surface area (Å²) in [4.78, 5) is 18.0. The molecule has 162 valence electrons. The van der Waals surface area contributed by atoms with Crippen LogP contribution in [-0.4, -0.2) is 61.2 Å². The highest BCUT2D eigenvalue weighted by atomic mass is 16.5. The van der Waals surface area contributed by atoms with Crippen molar-refractivity contribution < 1.29 is 9.53 Å². The summed E-state index contributed by atoms with van der Waals surface area (Å²) >= 11 is 0. The number of nitrogens with zero attached hydrogens (tertiary/aromatic N) is 2. The number of rotatable bonds is 4. The maximum absolute atomic E-state index is 13.1. The van der Waals surface area contributed by atoms with Crippen LogP contribution in [0.25, 0.3) is 0 Å². The standard InChI is InChI=1S/C25H35N3O2/c1-30-22-9-7-18(8-10-22)11-12-26-25(29)28-14-4-5-19-15-20-16-21(24(19)28)17-27-13-3-2-6-23(20)27/h7-10,15,20-21,23-24H,2-6,11-14,16-17H2,1H3,(H,26,29)/t20-,21-,23+,24+/m1/s1. The largest absolute Gasteiger partial charge is 0.497 e. The Morgan fingerprint density at radius 2 is 2.03 bits per heavy atom. The Hall–Kier alpha value is -2.01. The molecule has 3 saturated heterocycles. The van der Waals surface area contributed by atoms with Crippen molar-refractivity contribution in [2.45, 2.75) is 57.0 Å². The van der Waals surface area contributed by atoms with Crippen molar-refractivity contribution in [1.82, 2.24) is 15.1 Å². The lowest BCUT2D eigenvalue weighted by molar-refractivity contribution is 0.00793. The number of carbonyl (C=O) groups is 1. The van der Waals surface area contributed by atoms with E-state index in [9.17, 15) is 4.79 Å². The molecular formula is C25H35N3O2. The molecule has 3 aliphatic heterocycles. The second kappa shape index (κ2) is 8.62. The van der Waals surface area contributed by atoms with Crippen molar-refractivity contribution in [3.05, 3.63) is 41.5 Å². The fraction of sp³-hybridized carbons (Fsp3) is 0.640. The molecule has 0 aromatic heterocycles. The lowest BCUT2D eigenvalue weighted by atomic mass is 9.68. The van der Waals surface area contributed by atoms with Gasteiger partial charge in [0.25, 0.3) is 0 Å².